The first-order valence-corrected chi connectivity index (χ1v) is 9.13. The average molecular weight is 383 g/mol. The molecule has 0 radical (unpaired) electrons. The summed E-state index contributed by atoms with van der Waals surface area (Å²) in [6, 6.07) is 6.43. The molecular weight excluding hydrogens is 364 g/mol. The summed E-state index contributed by atoms with van der Waals surface area (Å²) in [5.41, 5.74) is 0.571. The van der Waals surface area contributed by atoms with Crippen LogP contribution in [0, 0.1) is 11.6 Å². The zero-order valence-electron chi connectivity index (χ0n) is 15.1. The van der Waals surface area contributed by atoms with Gasteiger partial charge in [0, 0.05) is 43.7 Å². The maximum absolute atomic E-state index is 14.0. The van der Waals surface area contributed by atoms with Crippen LogP contribution in [0.1, 0.15) is 40.8 Å². The predicted octanol–water partition coefficient (Wildman–Crippen LogP) is 3.02. The van der Waals surface area contributed by atoms with Crippen molar-refractivity contribution < 1.29 is 13.6 Å². The standard InChI is InChI=1S/C20H19F2N5O/c21-15-10-17(22)18(25-11-15)20(28)27-8-3-4-14(12-27)19-24-7-9-26(19)13-16-5-1-2-6-23-16/h1-2,5-7,9-11,14H,3-4,8,12-13H2/t14-/m0/s1. The van der Waals surface area contributed by atoms with Gasteiger partial charge in [0.15, 0.2) is 11.5 Å². The Morgan fingerprint density at radius 3 is 2.86 bits per heavy atom. The molecule has 1 atom stereocenters. The second-order valence-corrected chi connectivity index (χ2v) is 6.81. The lowest BCUT2D eigenvalue weighted by Gasteiger charge is -2.32. The number of rotatable bonds is 4. The average Bonchev–Trinajstić information content (AvgIpc) is 3.16. The van der Waals surface area contributed by atoms with Crippen LogP contribution in [0.5, 0.6) is 0 Å². The minimum Gasteiger partial charge on any atom is -0.336 e. The summed E-state index contributed by atoms with van der Waals surface area (Å²) in [4.78, 5) is 26.7. The van der Waals surface area contributed by atoms with E-state index in [0.29, 0.717) is 25.7 Å². The van der Waals surface area contributed by atoms with Gasteiger partial charge in [0.2, 0.25) is 0 Å². The molecule has 1 aliphatic heterocycles. The van der Waals surface area contributed by atoms with E-state index >= 15 is 0 Å². The molecule has 1 amide bonds. The smallest absolute Gasteiger partial charge is 0.275 e. The number of nitrogens with zero attached hydrogens (tertiary/aromatic N) is 5. The summed E-state index contributed by atoms with van der Waals surface area (Å²) in [7, 11) is 0. The van der Waals surface area contributed by atoms with Crippen molar-refractivity contribution in [2.45, 2.75) is 25.3 Å². The van der Waals surface area contributed by atoms with Gasteiger partial charge in [-0.25, -0.2) is 18.7 Å². The van der Waals surface area contributed by atoms with Gasteiger partial charge < -0.3 is 9.47 Å². The maximum Gasteiger partial charge on any atom is 0.275 e. The van der Waals surface area contributed by atoms with Crippen LogP contribution in [0.15, 0.2) is 49.1 Å². The van der Waals surface area contributed by atoms with E-state index in [9.17, 15) is 13.6 Å². The third-order valence-electron chi connectivity index (χ3n) is 4.89. The quantitative estimate of drug-likeness (QED) is 0.695. The lowest BCUT2D eigenvalue weighted by molar-refractivity contribution is 0.0692. The van der Waals surface area contributed by atoms with Crippen LogP contribution < -0.4 is 0 Å². The first kappa shape index (κ1) is 18.2. The maximum atomic E-state index is 14.0. The number of carbonyl (C=O) groups is 1. The third kappa shape index (κ3) is 3.76. The Hall–Kier alpha value is -3.16. The molecule has 1 fully saturated rings. The van der Waals surface area contributed by atoms with E-state index in [1.54, 1.807) is 17.3 Å². The number of hydrogen-bond acceptors (Lipinski definition) is 4. The number of likely N-dealkylation sites (tertiary alicyclic amines) is 1. The van der Waals surface area contributed by atoms with Gasteiger partial charge in [-0.05, 0) is 25.0 Å². The van der Waals surface area contributed by atoms with Gasteiger partial charge in [0.25, 0.3) is 5.91 Å². The molecule has 1 aliphatic rings. The van der Waals surface area contributed by atoms with Gasteiger partial charge in [-0.15, -0.1) is 0 Å². The number of halogens is 2. The highest BCUT2D eigenvalue weighted by atomic mass is 19.1. The van der Waals surface area contributed by atoms with Crippen LogP contribution in [-0.2, 0) is 6.54 Å². The number of aromatic nitrogens is 4. The Kier molecular flexibility index (Phi) is 5.10. The third-order valence-corrected chi connectivity index (χ3v) is 4.89. The van der Waals surface area contributed by atoms with Gasteiger partial charge in [-0.3, -0.25) is 9.78 Å². The zero-order valence-corrected chi connectivity index (χ0v) is 15.1. The van der Waals surface area contributed by atoms with Crippen molar-refractivity contribution in [1.82, 2.24) is 24.4 Å². The second-order valence-electron chi connectivity index (χ2n) is 6.81. The number of piperidine rings is 1. The van der Waals surface area contributed by atoms with Crippen LogP contribution in [0.25, 0.3) is 0 Å². The molecule has 0 aliphatic carbocycles. The molecule has 0 saturated carbocycles. The normalized spacial score (nSPS) is 16.9. The fourth-order valence-corrected chi connectivity index (χ4v) is 3.57. The van der Waals surface area contributed by atoms with Crippen molar-refractivity contribution >= 4 is 5.91 Å². The Morgan fingerprint density at radius 1 is 1.18 bits per heavy atom. The number of hydrogen-bond donors (Lipinski definition) is 0. The van der Waals surface area contributed by atoms with E-state index in [-0.39, 0.29) is 11.6 Å². The largest absolute Gasteiger partial charge is 0.336 e. The van der Waals surface area contributed by atoms with Crippen molar-refractivity contribution in [3.63, 3.8) is 0 Å². The molecular formula is C20H19F2N5O. The number of imidazole rings is 1. The lowest BCUT2D eigenvalue weighted by Crippen LogP contribution is -2.40. The molecule has 1 saturated heterocycles. The highest BCUT2D eigenvalue weighted by molar-refractivity contribution is 5.92. The molecule has 3 aromatic rings. The second kappa shape index (κ2) is 7.84. The van der Waals surface area contributed by atoms with Crippen molar-refractivity contribution in [1.29, 1.82) is 0 Å². The summed E-state index contributed by atoms with van der Waals surface area (Å²) < 4.78 is 29.1. The first-order valence-electron chi connectivity index (χ1n) is 9.13. The van der Waals surface area contributed by atoms with Gasteiger partial charge in [-0.2, -0.15) is 0 Å². The molecule has 6 nitrogen and oxygen atoms in total. The van der Waals surface area contributed by atoms with Crippen LogP contribution >= 0.6 is 0 Å². The molecule has 28 heavy (non-hydrogen) atoms. The van der Waals surface area contributed by atoms with Crippen LogP contribution in [0.3, 0.4) is 0 Å². The zero-order chi connectivity index (χ0) is 19.5. The van der Waals surface area contributed by atoms with E-state index in [1.807, 2.05) is 29.0 Å². The summed E-state index contributed by atoms with van der Waals surface area (Å²) in [5.74, 6) is -1.37. The molecule has 0 aromatic carbocycles. The molecule has 144 valence electrons. The van der Waals surface area contributed by atoms with Crippen LogP contribution in [-0.4, -0.2) is 43.4 Å². The highest BCUT2D eigenvalue weighted by Crippen LogP contribution is 2.27. The molecule has 3 aromatic heterocycles. The van der Waals surface area contributed by atoms with E-state index in [1.165, 1.54) is 0 Å². The summed E-state index contributed by atoms with van der Waals surface area (Å²) >= 11 is 0. The van der Waals surface area contributed by atoms with Gasteiger partial charge in [-0.1, -0.05) is 6.07 Å². The van der Waals surface area contributed by atoms with Crippen molar-refractivity contribution in [3.8, 4) is 0 Å². The van der Waals surface area contributed by atoms with E-state index < -0.39 is 17.5 Å². The summed E-state index contributed by atoms with van der Waals surface area (Å²) in [6.45, 7) is 1.51. The van der Waals surface area contributed by atoms with Gasteiger partial charge >= 0.3 is 0 Å². The van der Waals surface area contributed by atoms with Crippen LogP contribution in [0.2, 0.25) is 0 Å². The number of pyridine rings is 2. The Balaban J connectivity index is 1.52. The minimum absolute atomic E-state index is 0.0277. The molecule has 0 N–H and O–H groups in total. The van der Waals surface area contributed by atoms with Crippen molar-refractivity contribution in [2.24, 2.45) is 0 Å². The summed E-state index contributed by atoms with van der Waals surface area (Å²) in [6.07, 6.45) is 7.89. The first-order chi connectivity index (χ1) is 13.6. The molecule has 0 unspecified atom stereocenters. The SMILES string of the molecule is O=C(c1ncc(F)cc1F)N1CCC[C@H](c2nccn2Cc2ccccn2)C1. The fourth-order valence-electron chi connectivity index (χ4n) is 3.57. The van der Waals surface area contributed by atoms with Crippen molar-refractivity contribution in [3.05, 3.63) is 77.9 Å². The molecule has 4 rings (SSSR count). The molecule has 8 heteroatoms. The Morgan fingerprint density at radius 2 is 2.07 bits per heavy atom. The number of carbonyl (C=O) groups excluding carboxylic acids is 1. The fraction of sp³-hybridized carbons (Fsp3) is 0.300. The predicted molar refractivity (Wildman–Crippen MR) is 97.6 cm³/mol. The minimum atomic E-state index is -0.941. The highest BCUT2D eigenvalue weighted by Gasteiger charge is 2.30. The Labute approximate surface area is 160 Å². The van der Waals surface area contributed by atoms with E-state index in [4.69, 9.17) is 0 Å². The van der Waals surface area contributed by atoms with Crippen LogP contribution in [0.4, 0.5) is 8.78 Å². The van der Waals surface area contributed by atoms with Gasteiger partial charge in [0.05, 0.1) is 18.4 Å². The topological polar surface area (TPSA) is 63.9 Å². The van der Waals surface area contributed by atoms with E-state index in [0.717, 1.165) is 30.6 Å². The van der Waals surface area contributed by atoms with E-state index in [2.05, 4.69) is 15.0 Å². The van der Waals surface area contributed by atoms with Crippen molar-refractivity contribution in [2.75, 3.05) is 13.1 Å². The monoisotopic (exact) mass is 383 g/mol. The van der Waals surface area contributed by atoms with Gasteiger partial charge in [0.1, 0.15) is 11.6 Å². The lowest BCUT2D eigenvalue weighted by atomic mass is 9.96. The number of amides is 1. The molecule has 4 heterocycles. The molecule has 0 spiro atoms. The Bertz CT molecular complexity index is 976. The summed E-state index contributed by atoms with van der Waals surface area (Å²) in [5, 5.41) is 0. The molecule has 0 bridgehead atoms.